The maximum Gasteiger partial charge on any atom is 0.243 e. The molecule has 5 heteroatoms. The fourth-order valence-electron chi connectivity index (χ4n) is 2.01. The Hall–Kier alpha value is -2.04. The lowest BCUT2D eigenvalue weighted by atomic mass is 10.1. The zero-order valence-corrected chi connectivity index (χ0v) is 15.0. The number of aliphatic imine (C=N–C) groups is 1. The van der Waals surface area contributed by atoms with Crippen LogP contribution >= 0.6 is 0 Å². The molecule has 0 radical (unpaired) electrons. The third-order valence-corrected chi connectivity index (χ3v) is 3.65. The molecule has 0 aromatic heterocycles. The van der Waals surface area contributed by atoms with Crippen molar-refractivity contribution in [2.45, 2.75) is 39.7 Å². The largest absolute Gasteiger partial charge is 0.356 e. The molecule has 1 amide bonds. The number of guanidine groups is 1. The first-order valence-corrected chi connectivity index (χ1v) is 8.31. The number of hydrogen-bond donors (Lipinski definition) is 2. The average Bonchev–Trinajstić information content (AvgIpc) is 2.56. The van der Waals surface area contributed by atoms with Gasteiger partial charge in [-0.1, -0.05) is 38.1 Å². The predicted molar refractivity (Wildman–Crippen MR) is 96.7 cm³/mol. The SMILES string of the molecule is CCCNC(=NCC(=O)N(C)C)NC(C)c1ccc(CC)cc1. The Balaban J connectivity index is 2.73. The summed E-state index contributed by atoms with van der Waals surface area (Å²) in [5.74, 6) is 0.664. The zero-order chi connectivity index (χ0) is 17.2. The van der Waals surface area contributed by atoms with Crippen LogP contribution in [0.25, 0.3) is 0 Å². The number of benzene rings is 1. The van der Waals surface area contributed by atoms with Gasteiger partial charge in [0.05, 0.1) is 6.04 Å². The topological polar surface area (TPSA) is 56.7 Å². The highest BCUT2D eigenvalue weighted by molar-refractivity contribution is 5.85. The second kappa shape index (κ2) is 9.87. The predicted octanol–water partition coefficient (Wildman–Crippen LogP) is 2.34. The maximum absolute atomic E-state index is 11.7. The van der Waals surface area contributed by atoms with Crippen molar-refractivity contribution in [3.05, 3.63) is 35.4 Å². The fourth-order valence-corrected chi connectivity index (χ4v) is 2.01. The van der Waals surface area contributed by atoms with E-state index in [0.717, 1.165) is 19.4 Å². The van der Waals surface area contributed by atoms with Crippen molar-refractivity contribution in [1.82, 2.24) is 15.5 Å². The van der Waals surface area contributed by atoms with E-state index < -0.39 is 0 Å². The van der Waals surface area contributed by atoms with E-state index in [2.05, 4.69) is 60.7 Å². The van der Waals surface area contributed by atoms with Crippen molar-refractivity contribution in [3.63, 3.8) is 0 Å². The van der Waals surface area contributed by atoms with E-state index in [1.165, 1.54) is 11.1 Å². The molecule has 0 saturated carbocycles. The molecule has 1 aromatic rings. The number of likely N-dealkylation sites (N-methyl/N-ethyl adjacent to an activating group) is 1. The van der Waals surface area contributed by atoms with Crippen LogP contribution in [0.5, 0.6) is 0 Å². The Labute approximate surface area is 140 Å². The van der Waals surface area contributed by atoms with Crippen molar-refractivity contribution in [1.29, 1.82) is 0 Å². The van der Waals surface area contributed by atoms with Gasteiger partial charge in [0, 0.05) is 20.6 Å². The highest BCUT2D eigenvalue weighted by Gasteiger charge is 2.09. The molecule has 0 aliphatic carbocycles. The second-order valence-electron chi connectivity index (χ2n) is 5.84. The Morgan fingerprint density at radius 2 is 1.87 bits per heavy atom. The number of aryl methyl sites for hydroxylation is 1. The molecule has 23 heavy (non-hydrogen) atoms. The minimum absolute atomic E-state index is 0.0115. The molecule has 1 unspecified atom stereocenters. The first kappa shape index (κ1) is 19.0. The van der Waals surface area contributed by atoms with Gasteiger partial charge in [0.1, 0.15) is 6.54 Å². The van der Waals surface area contributed by atoms with Gasteiger partial charge in [0.15, 0.2) is 5.96 Å². The lowest BCUT2D eigenvalue weighted by molar-refractivity contribution is -0.127. The Bertz CT molecular complexity index is 508. The van der Waals surface area contributed by atoms with Gasteiger partial charge in [-0.25, -0.2) is 4.99 Å². The average molecular weight is 318 g/mol. The standard InChI is InChI=1S/C18H30N4O/c1-6-12-19-18(20-13-17(23)22(4)5)21-14(3)16-10-8-15(7-2)9-11-16/h8-11,14H,6-7,12-13H2,1-5H3,(H2,19,20,21). The summed E-state index contributed by atoms with van der Waals surface area (Å²) in [6.07, 6.45) is 2.04. The van der Waals surface area contributed by atoms with E-state index in [-0.39, 0.29) is 18.5 Å². The number of carbonyl (C=O) groups excluding carboxylic acids is 1. The van der Waals surface area contributed by atoms with Crippen molar-refractivity contribution in [2.75, 3.05) is 27.2 Å². The summed E-state index contributed by atoms with van der Waals surface area (Å²) in [5, 5.41) is 6.62. The number of rotatable bonds is 7. The van der Waals surface area contributed by atoms with Gasteiger partial charge in [0.25, 0.3) is 0 Å². The Morgan fingerprint density at radius 1 is 1.22 bits per heavy atom. The van der Waals surface area contributed by atoms with E-state index in [9.17, 15) is 4.79 Å². The normalized spacial score (nSPS) is 12.7. The molecule has 0 heterocycles. The van der Waals surface area contributed by atoms with Crippen molar-refractivity contribution >= 4 is 11.9 Å². The molecule has 0 aliphatic heterocycles. The lowest BCUT2D eigenvalue weighted by Gasteiger charge is -2.19. The summed E-state index contributed by atoms with van der Waals surface area (Å²) in [6, 6.07) is 8.70. The highest BCUT2D eigenvalue weighted by Crippen LogP contribution is 2.13. The van der Waals surface area contributed by atoms with Crippen LogP contribution in [0.4, 0.5) is 0 Å². The lowest BCUT2D eigenvalue weighted by Crippen LogP contribution is -2.40. The molecule has 128 valence electrons. The smallest absolute Gasteiger partial charge is 0.243 e. The monoisotopic (exact) mass is 318 g/mol. The van der Waals surface area contributed by atoms with Gasteiger partial charge < -0.3 is 15.5 Å². The molecule has 0 saturated heterocycles. The molecule has 2 N–H and O–H groups in total. The Kier molecular flexibility index (Phi) is 8.16. The van der Waals surface area contributed by atoms with E-state index in [1.807, 2.05) is 0 Å². The first-order chi connectivity index (χ1) is 11.0. The molecule has 0 aliphatic rings. The van der Waals surface area contributed by atoms with Crippen molar-refractivity contribution < 1.29 is 4.79 Å². The second-order valence-corrected chi connectivity index (χ2v) is 5.84. The number of amides is 1. The van der Waals surface area contributed by atoms with Gasteiger partial charge >= 0.3 is 0 Å². The van der Waals surface area contributed by atoms with Gasteiger partial charge in [0.2, 0.25) is 5.91 Å². The molecule has 5 nitrogen and oxygen atoms in total. The van der Waals surface area contributed by atoms with Gasteiger partial charge in [-0.15, -0.1) is 0 Å². The molecule has 1 aromatic carbocycles. The minimum atomic E-state index is -0.0115. The highest BCUT2D eigenvalue weighted by atomic mass is 16.2. The third kappa shape index (κ3) is 6.72. The van der Waals surface area contributed by atoms with E-state index in [4.69, 9.17) is 0 Å². The number of hydrogen-bond acceptors (Lipinski definition) is 2. The fraction of sp³-hybridized carbons (Fsp3) is 0.556. The Morgan fingerprint density at radius 3 is 2.39 bits per heavy atom. The summed E-state index contributed by atoms with van der Waals surface area (Å²) in [4.78, 5) is 17.6. The number of carbonyl (C=O) groups is 1. The van der Waals surface area contributed by atoms with Crippen LogP contribution in [0.1, 0.15) is 44.4 Å². The van der Waals surface area contributed by atoms with Crippen LogP contribution in [0.2, 0.25) is 0 Å². The zero-order valence-electron chi connectivity index (χ0n) is 15.0. The number of nitrogens with zero attached hydrogens (tertiary/aromatic N) is 2. The molecular formula is C18H30N4O. The summed E-state index contributed by atoms with van der Waals surface area (Å²) >= 11 is 0. The summed E-state index contributed by atoms with van der Waals surface area (Å²) in [7, 11) is 3.48. The summed E-state index contributed by atoms with van der Waals surface area (Å²) < 4.78 is 0. The third-order valence-electron chi connectivity index (χ3n) is 3.65. The van der Waals surface area contributed by atoms with E-state index in [1.54, 1.807) is 19.0 Å². The van der Waals surface area contributed by atoms with Crippen molar-refractivity contribution in [3.8, 4) is 0 Å². The van der Waals surface area contributed by atoms with Crippen LogP contribution in [0, 0.1) is 0 Å². The molecular weight excluding hydrogens is 288 g/mol. The van der Waals surface area contributed by atoms with Crippen LogP contribution in [0.15, 0.2) is 29.3 Å². The van der Waals surface area contributed by atoms with Crippen LogP contribution in [0.3, 0.4) is 0 Å². The van der Waals surface area contributed by atoms with Crippen molar-refractivity contribution in [2.24, 2.45) is 4.99 Å². The van der Waals surface area contributed by atoms with Crippen LogP contribution in [-0.4, -0.2) is 44.0 Å². The molecule has 0 fully saturated rings. The quantitative estimate of drug-likeness (QED) is 0.599. The minimum Gasteiger partial charge on any atom is -0.356 e. The molecule has 1 atom stereocenters. The van der Waals surface area contributed by atoms with Crippen LogP contribution in [-0.2, 0) is 11.2 Å². The van der Waals surface area contributed by atoms with Gasteiger partial charge in [-0.2, -0.15) is 0 Å². The summed E-state index contributed by atoms with van der Waals surface area (Å²) in [5.41, 5.74) is 2.53. The van der Waals surface area contributed by atoms with E-state index >= 15 is 0 Å². The maximum atomic E-state index is 11.7. The number of nitrogens with one attached hydrogen (secondary N) is 2. The van der Waals surface area contributed by atoms with Gasteiger partial charge in [-0.3, -0.25) is 4.79 Å². The molecule has 0 spiro atoms. The van der Waals surface area contributed by atoms with Crippen LogP contribution < -0.4 is 10.6 Å². The van der Waals surface area contributed by atoms with E-state index in [0.29, 0.717) is 5.96 Å². The first-order valence-electron chi connectivity index (χ1n) is 8.31. The van der Waals surface area contributed by atoms with Gasteiger partial charge in [-0.05, 0) is 30.9 Å². The molecule has 1 rings (SSSR count). The molecule has 0 bridgehead atoms. The summed E-state index contributed by atoms with van der Waals surface area (Å²) in [6.45, 7) is 7.31.